The smallest absolute Gasteiger partial charge is 0.270 e. The zero-order chi connectivity index (χ0) is 29.1. The topological polar surface area (TPSA) is 129 Å². The molecule has 0 aromatic carbocycles. The Morgan fingerprint density at radius 2 is 2.00 bits per heavy atom. The third-order valence-electron chi connectivity index (χ3n) is 7.63. The molecule has 4 aromatic heterocycles. The predicted molar refractivity (Wildman–Crippen MR) is 156 cm³/mol. The summed E-state index contributed by atoms with van der Waals surface area (Å²) in [5.74, 6) is 0.982. The molecule has 41 heavy (non-hydrogen) atoms. The van der Waals surface area contributed by atoms with Crippen molar-refractivity contribution in [1.29, 1.82) is 5.26 Å². The van der Waals surface area contributed by atoms with E-state index in [2.05, 4.69) is 33.3 Å². The number of carbonyl (C=O) groups excluding carboxylic acids is 1. The van der Waals surface area contributed by atoms with E-state index < -0.39 is 6.10 Å². The van der Waals surface area contributed by atoms with Gasteiger partial charge in [0.25, 0.3) is 11.8 Å². The monoisotopic (exact) mass is 553 g/mol. The van der Waals surface area contributed by atoms with Gasteiger partial charge >= 0.3 is 0 Å². The summed E-state index contributed by atoms with van der Waals surface area (Å²) < 4.78 is 7.37. The van der Waals surface area contributed by atoms with Gasteiger partial charge in [-0.15, -0.1) is 5.10 Å². The maximum Gasteiger partial charge on any atom is 0.270 e. The third-order valence-corrected chi connectivity index (χ3v) is 7.63. The normalized spacial score (nSPS) is 15.4. The molecule has 0 saturated carbocycles. The molecule has 1 amide bonds. The summed E-state index contributed by atoms with van der Waals surface area (Å²) >= 11 is 0. The van der Waals surface area contributed by atoms with Gasteiger partial charge in [0.05, 0.1) is 18.2 Å². The number of aromatic nitrogens is 4. The zero-order valence-electron chi connectivity index (χ0n) is 23.9. The number of aliphatic hydroxyl groups is 1. The van der Waals surface area contributed by atoms with E-state index in [1.807, 2.05) is 56.4 Å². The first kappa shape index (κ1) is 28.1. The number of pyridine rings is 3. The molecule has 1 unspecified atom stereocenters. The summed E-state index contributed by atoms with van der Waals surface area (Å²) in [6.45, 7) is 9.36. The molecule has 0 spiro atoms. The van der Waals surface area contributed by atoms with Crippen LogP contribution in [0.1, 0.15) is 60.4 Å². The van der Waals surface area contributed by atoms with Gasteiger partial charge in [0.15, 0.2) is 0 Å². The number of amides is 1. The van der Waals surface area contributed by atoms with Crippen LogP contribution in [-0.2, 0) is 0 Å². The standard InChI is InChI=1S/C31H35N7O3/c1-20-7-8-21(2)34-27(20)29(40)35-31(4)12-15-37(16-13-31)26-10-9-23(19-33-26)24-6-5-14-38-28(24)25(18-32)30(36-38)41-17-11-22(3)39/h5-10,14,19,22,39H,11-13,15-17H2,1-4H3,(H,35,40). The Balaban J connectivity index is 1.29. The van der Waals surface area contributed by atoms with Crippen molar-refractivity contribution in [3.05, 3.63) is 71.3 Å². The molecular weight excluding hydrogens is 518 g/mol. The van der Waals surface area contributed by atoms with Gasteiger partial charge in [0.2, 0.25) is 0 Å². The van der Waals surface area contributed by atoms with Crippen LogP contribution in [0.25, 0.3) is 16.6 Å². The number of nitriles is 1. The summed E-state index contributed by atoms with van der Waals surface area (Å²) in [4.78, 5) is 24.4. The van der Waals surface area contributed by atoms with Crippen molar-refractivity contribution in [3.8, 4) is 23.1 Å². The highest BCUT2D eigenvalue weighted by atomic mass is 16.5. The van der Waals surface area contributed by atoms with Crippen LogP contribution < -0.4 is 15.0 Å². The van der Waals surface area contributed by atoms with Gasteiger partial charge in [0, 0.05) is 54.3 Å². The molecule has 5 rings (SSSR count). The number of aryl methyl sites for hydroxylation is 2. The number of nitrogens with one attached hydrogen (secondary N) is 1. The van der Waals surface area contributed by atoms with Crippen LogP contribution in [0.5, 0.6) is 5.88 Å². The van der Waals surface area contributed by atoms with Crippen LogP contribution in [-0.4, -0.2) is 61.9 Å². The second-order valence-corrected chi connectivity index (χ2v) is 11.0. The SMILES string of the molecule is Cc1ccc(C)c(C(=O)NC2(C)CCN(c3ccc(-c4cccn5nc(OCCC(C)O)c(C#N)c45)cn3)CC2)n1. The van der Waals surface area contributed by atoms with Gasteiger partial charge in [-0.2, -0.15) is 5.26 Å². The number of aliphatic hydroxyl groups excluding tert-OH is 1. The van der Waals surface area contributed by atoms with E-state index in [-0.39, 0.29) is 23.9 Å². The average Bonchev–Trinajstić information content (AvgIpc) is 3.32. The van der Waals surface area contributed by atoms with Crippen LogP contribution in [0.3, 0.4) is 0 Å². The third kappa shape index (κ3) is 6.00. The summed E-state index contributed by atoms with van der Waals surface area (Å²) in [5.41, 5.74) is 4.54. The Kier molecular flexibility index (Phi) is 7.90. The average molecular weight is 554 g/mol. The van der Waals surface area contributed by atoms with Crippen molar-refractivity contribution in [3.63, 3.8) is 0 Å². The lowest BCUT2D eigenvalue weighted by Gasteiger charge is -2.40. The molecule has 1 atom stereocenters. The first-order chi connectivity index (χ1) is 19.7. The zero-order valence-corrected chi connectivity index (χ0v) is 23.9. The van der Waals surface area contributed by atoms with Gasteiger partial charge in [-0.1, -0.05) is 12.1 Å². The minimum atomic E-state index is -0.495. The first-order valence-electron chi connectivity index (χ1n) is 13.9. The quantitative estimate of drug-likeness (QED) is 0.332. The van der Waals surface area contributed by atoms with Crippen LogP contribution in [0.2, 0.25) is 0 Å². The van der Waals surface area contributed by atoms with E-state index in [1.54, 1.807) is 17.6 Å². The Bertz CT molecular complexity index is 1600. The fraction of sp³-hybridized carbons (Fsp3) is 0.387. The molecule has 0 aliphatic carbocycles. The molecule has 1 fully saturated rings. The van der Waals surface area contributed by atoms with Crippen molar-refractivity contribution >= 4 is 17.2 Å². The highest BCUT2D eigenvalue weighted by molar-refractivity contribution is 5.94. The van der Waals surface area contributed by atoms with E-state index >= 15 is 0 Å². The molecule has 2 N–H and O–H groups in total. The minimum Gasteiger partial charge on any atom is -0.476 e. The minimum absolute atomic E-state index is 0.132. The maximum absolute atomic E-state index is 13.0. The molecule has 4 aromatic rings. The highest BCUT2D eigenvalue weighted by Crippen LogP contribution is 2.32. The maximum atomic E-state index is 13.0. The fourth-order valence-corrected chi connectivity index (χ4v) is 5.12. The summed E-state index contributed by atoms with van der Waals surface area (Å²) in [7, 11) is 0. The largest absolute Gasteiger partial charge is 0.476 e. The molecule has 0 bridgehead atoms. The van der Waals surface area contributed by atoms with Crippen molar-refractivity contribution in [2.24, 2.45) is 0 Å². The van der Waals surface area contributed by atoms with Crippen molar-refractivity contribution < 1.29 is 14.6 Å². The number of ether oxygens (including phenoxy) is 1. The van der Waals surface area contributed by atoms with Crippen molar-refractivity contribution in [1.82, 2.24) is 24.9 Å². The molecule has 10 nitrogen and oxygen atoms in total. The van der Waals surface area contributed by atoms with Gasteiger partial charge in [-0.05, 0) is 70.4 Å². The molecule has 5 heterocycles. The number of fused-ring (bicyclic) bond motifs is 1. The van der Waals surface area contributed by atoms with Gasteiger partial charge in [-0.3, -0.25) is 4.79 Å². The number of rotatable bonds is 8. The van der Waals surface area contributed by atoms with Crippen LogP contribution >= 0.6 is 0 Å². The lowest BCUT2D eigenvalue weighted by Crippen LogP contribution is -2.53. The Morgan fingerprint density at radius 1 is 1.22 bits per heavy atom. The van der Waals surface area contributed by atoms with Crippen molar-refractivity contribution in [2.75, 3.05) is 24.6 Å². The Labute approximate surface area is 239 Å². The molecule has 0 radical (unpaired) electrons. The lowest BCUT2D eigenvalue weighted by molar-refractivity contribution is 0.0885. The van der Waals surface area contributed by atoms with Gasteiger partial charge in [0.1, 0.15) is 23.1 Å². The van der Waals surface area contributed by atoms with Crippen LogP contribution in [0, 0.1) is 25.2 Å². The Morgan fingerprint density at radius 3 is 2.68 bits per heavy atom. The number of anilines is 1. The summed E-state index contributed by atoms with van der Waals surface area (Å²) in [6.07, 6.45) is 5.11. The highest BCUT2D eigenvalue weighted by Gasteiger charge is 2.33. The first-order valence-corrected chi connectivity index (χ1v) is 13.9. The molecule has 1 aliphatic rings. The lowest BCUT2D eigenvalue weighted by atomic mass is 9.89. The van der Waals surface area contributed by atoms with Gasteiger partial charge < -0.3 is 20.1 Å². The number of nitrogens with zero attached hydrogens (tertiary/aromatic N) is 6. The Hall–Kier alpha value is -4.49. The van der Waals surface area contributed by atoms with E-state index in [0.29, 0.717) is 23.2 Å². The van der Waals surface area contributed by atoms with E-state index in [9.17, 15) is 15.2 Å². The molecule has 10 heteroatoms. The van der Waals surface area contributed by atoms with E-state index in [0.717, 1.165) is 54.1 Å². The van der Waals surface area contributed by atoms with E-state index in [1.165, 1.54) is 0 Å². The second kappa shape index (κ2) is 11.6. The second-order valence-electron chi connectivity index (χ2n) is 11.0. The van der Waals surface area contributed by atoms with Crippen molar-refractivity contribution in [2.45, 2.75) is 58.6 Å². The molecule has 212 valence electrons. The van der Waals surface area contributed by atoms with E-state index in [4.69, 9.17) is 9.72 Å². The number of carbonyl (C=O) groups is 1. The number of hydrogen-bond donors (Lipinski definition) is 2. The summed E-state index contributed by atoms with van der Waals surface area (Å²) in [6, 6.07) is 13.9. The number of piperidine rings is 1. The molecule has 1 saturated heterocycles. The molecular formula is C31H35N7O3. The predicted octanol–water partition coefficient (Wildman–Crippen LogP) is 4.22. The number of hydrogen-bond acceptors (Lipinski definition) is 8. The van der Waals surface area contributed by atoms with Crippen LogP contribution in [0.4, 0.5) is 5.82 Å². The fourth-order valence-electron chi connectivity index (χ4n) is 5.12. The summed E-state index contributed by atoms with van der Waals surface area (Å²) in [5, 5.41) is 27.1. The molecule has 1 aliphatic heterocycles. The van der Waals surface area contributed by atoms with Crippen LogP contribution in [0.15, 0.2) is 48.8 Å². The van der Waals surface area contributed by atoms with Gasteiger partial charge in [-0.25, -0.2) is 14.5 Å².